The summed E-state index contributed by atoms with van der Waals surface area (Å²) in [6, 6.07) is 3.51. The number of pyridine rings is 1. The van der Waals surface area contributed by atoms with E-state index in [1.165, 1.54) is 18.1 Å². The van der Waals surface area contributed by atoms with E-state index in [1.54, 1.807) is 37.9 Å². The number of halogens is 3. The number of hydrogen-bond acceptors (Lipinski definition) is 10. The lowest BCUT2D eigenvalue weighted by molar-refractivity contribution is -0.140. The Labute approximate surface area is 320 Å². The lowest BCUT2D eigenvalue weighted by atomic mass is 9.97. The maximum Gasteiger partial charge on any atom is 0.434 e. The van der Waals surface area contributed by atoms with E-state index in [1.807, 2.05) is 12.2 Å². The van der Waals surface area contributed by atoms with Gasteiger partial charge in [0, 0.05) is 61.3 Å². The van der Waals surface area contributed by atoms with Crippen LogP contribution in [0, 0.1) is 12.8 Å². The van der Waals surface area contributed by atoms with Crippen molar-refractivity contribution < 1.29 is 45.4 Å². The molecule has 13 nitrogen and oxygen atoms in total. The predicted octanol–water partition coefficient (Wildman–Crippen LogP) is 5.57. The van der Waals surface area contributed by atoms with E-state index in [0.717, 1.165) is 23.1 Å². The van der Waals surface area contributed by atoms with Crippen LogP contribution < -0.4 is 19.5 Å². The highest BCUT2D eigenvalue weighted by Crippen LogP contribution is 2.48. The molecule has 0 radical (unpaired) electrons. The van der Waals surface area contributed by atoms with Gasteiger partial charge in [-0.05, 0) is 64.5 Å². The average molecular weight is 805 g/mol. The molecule has 2 aromatic heterocycles. The highest BCUT2D eigenvalue weighted by molar-refractivity contribution is 7.91. The number of aryl methyl sites for hydroxylation is 1. The van der Waals surface area contributed by atoms with Crippen molar-refractivity contribution in [3.63, 3.8) is 0 Å². The zero-order valence-corrected chi connectivity index (χ0v) is 32.5. The van der Waals surface area contributed by atoms with Crippen molar-refractivity contribution in [2.75, 3.05) is 27.2 Å². The Hall–Kier alpha value is -4.45. The summed E-state index contributed by atoms with van der Waals surface area (Å²) in [5, 5.41) is 4.38. The maximum atomic E-state index is 14.4. The Morgan fingerprint density at radius 3 is 2.58 bits per heavy atom. The van der Waals surface area contributed by atoms with Crippen molar-refractivity contribution >= 4 is 50.1 Å². The third kappa shape index (κ3) is 7.46. The van der Waals surface area contributed by atoms with Crippen molar-refractivity contribution in [3.8, 4) is 22.2 Å². The molecule has 0 spiro atoms. The number of benzene rings is 1. The van der Waals surface area contributed by atoms with Crippen molar-refractivity contribution in [3.05, 3.63) is 47.0 Å². The van der Waals surface area contributed by atoms with E-state index in [0.29, 0.717) is 66.6 Å². The molecule has 2 N–H and O–H groups in total. The van der Waals surface area contributed by atoms with Gasteiger partial charge < -0.3 is 24.6 Å². The van der Waals surface area contributed by atoms with Gasteiger partial charge in [0.2, 0.25) is 15.9 Å². The Bertz CT molecular complexity index is 2170. The number of aromatic nitrogens is 2. The van der Waals surface area contributed by atoms with Gasteiger partial charge in [0.05, 0.1) is 17.4 Å². The largest absolute Gasteiger partial charge is 0.496 e. The van der Waals surface area contributed by atoms with Gasteiger partial charge in [-0.2, -0.15) is 13.2 Å². The maximum absolute atomic E-state index is 14.4. The van der Waals surface area contributed by atoms with Crippen LogP contribution >= 0.6 is 11.3 Å². The molecule has 4 aliphatic rings. The molecule has 1 saturated heterocycles. The summed E-state index contributed by atoms with van der Waals surface area (Å²) in [6.07, 6.45) is 1.99. The molecular weight excluding hydrogens is 762 g/mol. The van der Waals surface area contributed by atoms with Crippen LogP contribution in [-0.2, 0) is 25.8 Å². The average Bonchev–Trinajstić information content (AvgIpc) is 3.99. The third-order valence-corrected chi connectivity index (χ3v) is 14.2. The number of rotatable bonds is 7. The Balaban J connectivity index is 1.21. The number of amides is 4. The number of fused-ring (bicyclic) bond motifs is 3. The van der Waals surface area contributed by atoms with Crippen LogP contribution in [-0.4, -0.2) is 95.7 Å². The van der Waals surface area contributed by atoms with Gasteiger partial charge in [0.25, 0.3) is 5.91 Å². The van der Waals surface area contributed by atoms with E-state index >= 15 is 0 Å². The van der Waals surface area contributed by atoms with E-state index in [4.69, 9.17) is 9.47 Å². The second kappa shape index (κ2) is 14.2. The zero-order chi connectivity index (χ0) is 39.5. The Kier molecular flexibility index (Phi) is 10.1. The highest BCUT2D eigenvalue weighted by atomic mass is 32.2. The first-order chi connectivity index (χ1) is 26.0. The lowest BCUT2D eigenvalue weighted by Gasteiger charge is -2.40. The third-order valence-electron chi connectivity index (χ3n) is 11.2. The van der Waals surface area contributed by atoms with Crippen LogP contribution in [0.2, 0.25) is 0 Å². The number of urea groups is 1. The van der Waals surface area contributed by atoms with E-state index in [9.17, 15) is 36.0 Å². The van der Waals surface area contributed by atoms with Gasteiger partial charge in [-0.25, -0.2) is 23.2 Å². The van der Waals surface area contributed by atoms with E-state index in [-0.39, 0.29) is 36.1 Å². The number of allylic oxidation sites excluding steroid dienone is 1. The summed E-state index contributed by atoms with van der Waals surface area (Å²) in [6.45, 7) is 3.92. The number of methoxy groups -OCH3 is 1. The molecule has 4 atom stereocenters. The topological polar surface area (TPSA) is 160 Å². The molecule has 0 unspecified atom stereocenters. The smallest absolute Gasteiger partial charge is 0.434 e. The molecule has 18 heteroatoms. The predicted molar refractivity (Wildman–Crippen MR) is 198 cm³/mol. The molecular formula is C37H43F3N6O7S2. The molecule has 2 aliphatic carbocycles. The summed E-state index contributed by atoms with van der Waals surface area (Å²) < 4.78 is 80.0. The zero-order valence-electron chi connectivity index (χ0n) is 30.9. The highest BCUT2D eigenvalue weighted by Gasteiger charge is 2.63. The van der Waals surface area contributed by atoms with Gasteiger partial charge in [-0.15, -0.1) is 11.3 Å². The lowest BCUT2D eigenvalue weighted by Crippen LogP contribution is -2.61. The molecule has 2 aliphatic heterocycles. The number of carbonyl (C=O) groups is 3. The fourth-order valence-electron chi connectivity index (χ4n) is 7.28. The van der Waals surface area contributed by atoms with Crippen LogP contribution in [0.25, 0.3) is 21.6 Å². The molecule has 296 valence electrons. The van der Waals surface area contributed by atoms with E-state index < -0.39 is 62.1 Å². The number of carbonyl (C=O) groups excluding carboxylic acids is 3. The van der Waals surface area contributed by atoms with Crippen LogP contribution in [0.4, 0.5) is 18.0 Å². The first-order valence-electron chi connectivity index (χ1n) is 18.2. The monoisotopic (exact) mass is 804 g/mol. The first kappa shape index (κ1) is 38.8. The first-order valence-corrected chi connectivity index (χ1v) is 20.6. The van der Waals surface area contributed by atoms with Crippen molar-refractivity contribution in [2.45, 2.75) is 93.8 Å². The molecule has 7 rings (SSSR count). The number of nitrogens with zero attached hydrogens (tertiary/aromatic N) is 4. The van der Waals surface area contributed by atoms with Gasteiger partial charge in [0.1, 0.15) is 39.9 Å². The molecule has 1 aromatic carbocycles. The van der Waals surface area contributed by atoms with Gasteiger partial charge in [-0.3, -0.25) is 14.3 Å². The molecule has 55 heavy (non-hydrogen) atoms. The van der Waals surface area contributed by atoms with Crippen LogP contribution in [0.5, 0.6) is 11.5 Å². The van der Waals surface area contributed by atoms with Crippen molar-refractivity contribution in [1.82, 2.24) is 29.8 Å². The summed E-state index contributed by atoms with van der Waals surface area (Å²) in [4.78, 5) is 53.5. The number of nitrogens with one attached hydrogen (secondary N) is 2. The van der Waals surface area contributed by atoms with Crippen LogP contribution in [0.3, 0.4) is 0 Å². The second-order valence-electron chi connectivity index (χ2n) is 15.1. The summed E-state index contributed by atoms with van der Waals surface area (Å²) in [5.41, 5.74) is -1.36. The molecule has 3 fully saturated rings. The minimum Gasteiger partial charge on any atom is -0.496 e. The molecule has 4 heterocycles. The summed E-state index contributed by atoms with van der Waals surface area (Å²) in [7, 11) is -0.838. The van der Waals surface area contributed by atoms with Crippen LogP contribution in [0.15, 0.2) is 35.7 Å². The standard InChI is InChI=1S/C37H43F3N6O7S2/c1-21-27(52-4)11-10-24-28(18-25(41-30(21)24)32-42-29(20-54-32)37(38,39)40)53-23-12-16-46-26(17-23)31(47)43-36(33(48)44-55(50,51)35(2)13-14-35)19-22(36)9-7-5-6-8-15-45(3)34(46)49/h7,9-11,18,20,22-23,26H,5-6,8,12-17,19H2,1-4H3,(H,43,47)(H,44,48)/b9-7-/t22-,23+,26+,36-/m1/s1. The number of thiazole rings is 1. The quantitative estimate of drug-likeness (QED) is 0.291. The van der Waals surface area contributed by atoms with Gasteiger partial charge >= 0.3 is 12.2 Å². The molecule has 4 amide bonds. The summed E-state index contributed by atoms with van der Waals surface area (Å²) in [5.74, 6) is -1.09. The minimum atomic E-state index is -4.64. The number of sulfonamides is 1. The second-order valence-corrected chi connectivity index (χ2v) is 18.1. The number of piperidine rings is 1. The van der Waals surface area contributed by atoms with Gasteiger partial charge in [0.15, 0.2) is 5.69 Å². The number of hydrogen-bond donors (Lipinski definition) is 2. The Morgan fingerprint density at radius 2 is 1.89 bits per heavy atom. The number of alkyl halides is 3. The minimum absolute atomic E-state index is 0.00372. The normalized spacial score (nSPS) is 26.3. The van der Waals surface area contributed by atoms with Crippen molar-refractivity contribution in [1.29, 1.82) is 0 Å². The molecule has 2 saturated carbocycles. The SMILES string of the molecule is COc1ccc2c(O[C@H]3CCN4C(=O)N(C)CCCC/C=C\[C@@H]5C[C@@]5(C(=O)NS(=O)(=O)C5(C)CC5)NC(=O)[C@@H]4C3)cc(-c3nc(C(F)(F)F)cs3)nc2c1C. The summed E-state index contributed by atoms with van der Waals surface area (Å²) >= 11 is 0.795. The molecule has 3 aromatic rings. The Morgan fingerprint density at radius 1 is 1.13 bits per heavy atom. The fourth-order valence-corrected chi connectivity index (χ4v) is 9.38. The van der Waals surface area contributed by atoms with E-state index in [2.05, 4.69) is 20.0 Å². The number of ether oxygens (including phenoxy) is 2. The molecule has 0 bridgehead atoms. The fraction of sp³-hybridized carbons (Fsp3) is 0.541. The van der Waals surface area contributed by atoms with Gasteiger partial charge in [-0.1, -0.05) is 12.2 Å². The van der Waals surface area contributed by atoms with Crippen molar-refractivity contribution in [2.24, 2.45) is 5.92 Å². The van der Waals surface area contributed by atoms with Crippen LogP contribution in [0.1, 0.15) is 69.5 Å².